The molecule has 0 unspecified atom stereocenters. The summed E-state index contributed by atoms with van der Waals surface area (Å²) in [4.78, 5) is 42.5. The van der Waals surface area contributed by atoms with Gasteiger partial charge in [-0.2, -0.15) is 0 Å². The molecule has 1 aliphatic carbocycles. The second-order valence-corrected chi connectivity index (χ2v) is 8.88. The lowest BCUT2D eigenvalue weighted by Gasteiger charge is -2.31. The first-order valence-electron chi connectivity index (χ1n) is 11.3. The topological polar surface area (TPSA) is 101 Å². The minimum absolute atomic E-state index is 0.0459. The first kappa shape index (κ1) is 24.0. The minimum Gasteiger partial charge on any atom is -0.399 e. The number of aldehydes is 1. The maximum atomic E-state index is 14.7. The Morgan fingerprint density at radius 3 is 2.51 bits per heavy atom. The summed E-state index contributed by atoms with van der Waals surface area (Å²) in [5.41, 5.74) is 7.60. The van der Waals surface area contributed by atoms with Crippen molar-refractivity contribution >= 4 is 40.9 Å². The predicted octanol–water partition coefficient (Wildman–Crippen LogP) is 4.63. The fourth-order valence-corrected chi connectivity index (χ4v) is 4.12. The van der Waals surface area contributed by atoms with Crippen molar-refractivity contribution < 1.29 is 14.0 Å². The van der Waals surface area contributed by atoms with Gasteiger partial charge in [0.1, 0.15) is 11.6 Å². The van der Waals surface area contributed by atoms with E-state index >= 15 is 0 Å². The molecule has 8 nitrogen and oxygen atoms in total. The van der Waals surface area contributed by atoms with Gasteiger partial charge in [-0.25, -0.2) is 9.18 Å². The van der Waals surface area contributed by atoms with E-state index in [1.807, 2.05) is 0 Å². The van der Waals surface area contributed by atoms with Crippen LogP contribution in [0.2, 0.25) is 0 Å². The number of nitrogens with two attached hydrogens (primary N) is 1. The van der Waals surface area contributed by atoms with Gasteiger partial charge in [0.2, 0.25) is 0 Å². The van der Waals surface area contributed by atoms with E-state index in [0.29, 0.717) is 17.7 Å². The van der Waals surface area contributed by atoms with E-state index < -0.39 is 17.4 Å². The average Bonchev–Trinajstić information content (AvgIpc) is 3.67. The van der Waals surface area contributed by atoms with E-state index in [1.165, 1.54) is 28.6 Å². The molecule has 35 heavy (non-hydrogen) atoms. The summed E-state index contributed by atoms with van der Waals surface area (Å²) in [6.07, 6.45) is 2.32. The molecule has 2 aromatic carbocycles. The molecular formula is C26H28FN5O3. The Balaban J connectivity index is 1.97. The Labute approximate surface area is 202 Å². The summed E-state index contributed by atoms with van der Waals surface area (Å²) in [7, 11) is 3.18. The van der Waals surface area contributed by atoms with Gasteiger partial charge >= 0.3 is 6.03 Å². The molecule has 4 rings (SSSR count). The largest absolute Gasteiger partial charge is 0.399 e. The third-order valence-electron chi connectivity index (χ3n) is 6.26. The molecule has 1 aliphatic rings. The van der Waals surface area contributed by atoms with Crippen molar-refractivity contribution in [2.75, 3.05) is 23.0 Å². The number of benzene rings is 2. The van der Waals surface area contributed by atoms with E-state index in [1.54, 1.807) is 56.1 Å². The summed E-state index contributed by atoms with van der Waals surface area (Å²) in [5, 5.41) is 2.90. The molecule has 0 saturated heterocycles. The Morgan fingerprint density at radius 1 is 1.20 bits per heavy atom. The number of pyridine rings is 1. The lowest BCUT2D eigenvalue weighted by atomic mass is 10.1. The van der Waals surface area contributed by atoms with Crippen LogP contribution in [-0.4, -0.2) is 34.9 Å². The molecular weight excluding hydrogens is 449 g/mol. The first-order chi connectivity index (χ1) is 16.6. The number of hydrogen-bond acceptors (Lipinski definition) is 5. The van der Waals surface area contributed by atoms with Crippen LogP contribution in [0.25, 0.3) is 0 Å². The van der Waals surface area contributed by atoms with Gasteiger partial charge in [-0.1, -0.05) is 12.1 Å². The zero-order valence-electron chi connectivity index (χ0n) is 20.1. The number of rotatable bonds is 6. The lowest BCUT2D eigenvalue weighted by Crippen LogP contribution is -2.41. The van der Waals surface area contributed by atoms with Gasteiger partial charge < -0.3 is 16.0 Å². The zero-order valence-corrected chi connectivity index (χ0v) is 20.1. The van der Waals surface area contributed by atoms with Crippen molar-refractivity contribution in [2.24, 2.45) is 7.05 Å². The van der Waals surface area contributed by atoms with Gasteiger partial charge in [-0.05, 0) is 62.6 Å². The molecule has 0 bridgehead atoms. The standard InChI is InChI=1S/C26H28FN5O3/c1-15-8-11-22(21(27)12-15)29-24-20(14-33)23(16(2)25(34)31(24)4)32(19-7-5-6-17(28)13-19)26(35)30(3)18-9-10-18/h5-8,11-14,18,29H,9-10,28H2,1-4H3. The molecule has 3 N–H and O–H groups in total. The van der Waals surface area contributed by atoms with Gasteiger partial charge in [0.05, 0.1) is 22.6 Å². The molecule has 1 heterocycles. The summed E-state index contributed by atoms with van der Waals surface area (Å²) in [6, 6.07) is 11.0. The van der Waals surface area contributed by atoms with Crippen molar-refractivity contribution in [2.45, 2.75) is 32.7 Å². The van der Waals surface area contributed by atoms with Crippen LogP contribution in [0.4, 0.5) is 37.8 Å². The van der Waals surface area contributed by atoms with Crippen molar-refractivity contribution in [3.8, 4) is 0 Å². The maximum Gasteiger partial charge on any atom is 0.329 e. The van der Waals surface area contributed by atoms with Crippen LogP contribution in [0.3, 0.4) is 0 Å². The molecule has 9 heteroatoms. The molecule has 0 atom stereocenters. The monoisotopic (exact) mass is 477 g/mol. The fourth-order valence-electron chi connectivity index (χ4n) is 4.12. The number of nitrogens with zero attached hydrogens (tertiary/aromatic N) is 3. The fraction of sp³-hybridized carbons (Fsp3) is 0.269. The molecule has 1 fully saturated rings. The quantitative estimate of drug-likeness (QED) is 0.398. The number of urea groups is 1. The number of carbonyl (C=O) groups is 2. The van der Waals surface area contributed by atoms with E-state index in [-0.39, 0.29) is 34.4 Å². The number of amides is 2. The molecule has 1 aromatic heterocycles. The van der Waals surface area contributed by atoms with Crippen LogP contribution < -0.4 is 21.5 Å². The molecule has 0 radical (unpaired) electrons. The van der Waals surface area contributed by atoms with E-state index in [9.17, 15) is 18.8 Å². The Morgan fingerprint density at radius 2 is 1.91 bits per heavy atom. The molecule has 2 amide bonds. The van der Waals surface area contributed by atoms with Gasteiger partial charge in [0, 0.05) is 31.4 Å². The Bertz CT molecular complexity index is 1380. The van der Waals surface area contributed by atoms with Gasteiger partial charge in [0.25, 0.3) is 5.56 Å². The number of hydrogen-bond donors (Lipinski definition) is 2. The number of aryl methyl sites for hydroxylation is 1. The van der Waals surface area contributed by atoms with Gasteiger partial charge in [0.15, 0.2) is 6.29 Å². The number of halogens is 1. The van der Waals surface area contributed by atoms with Gasteiger partial charge in [-0.3, -0.25) is 19.1 Å². The van der Waals surface area contributed by atoms with E-state index in [4.69, 9.17) is 5.73 Å². The van der Waals surface area contributed by atoms with Crippen LogP contribution in [0.5, 0.6) is 0 Å². The maximum absolute atomic E-state index is 14.7. The van der Waals surface area contributed by atoms with Crippen molar-refractivity contribution in [3.63, 3.8) is 0 Å². The van der Waals surface area contributed by atoms with Crippen molar-refractivity contribution in [1.82, 2.24) is 9.47 Å². The zero-order chi connectivity index (χ0) is 25.4. The summed E-state index contributed by atoms with van der Waals surface area (Å²) < 4.78 is 15.9. The van der Waals surface area contributed by atoms with E-state index in [0.717, 1.165) is 18.4 Å². The SMILES string of the molecule is Cc1ccc(Nc2c(C=O)c(N(C(=O)N(C)C3CC3)c3cccc(N)c3)c(C)c(=O)n2C)c(F)c1. The highest BCUT2D eigenvalue weighted by Gasteiger charge is 2.36. The summed E-state index contributed by atoms with van der Waals surface area (Å²) >= 11 is 0. The summed E-state index contributed by atoms with van der Waals surface area (Å²) in [5.74, 6) is -0.460. The Kier molecular flexibility index (Phi) is 6.34. The van der Waals surface area contributed by atoms with E-state index in [2.05, 4.69) is 5.32 Å². The normalized spacial score (nSPS) is 12.8. The molecule has 182 valence electrons. The van der Waals surface area contributed by atoms with Crippen LogP contribution >= 0.6 is 0 Å². The first-order valence-corrected chi connectivity index (χ1v) is 11.3. The second kappa shape index (κ2) is 9.25. The van der Waals surface area contributed by atoms with Crippen molar-refractivity contribution in [3.05, 3.63) is 75.3 Å². The minimum atomic E-state index is -0.534. The Hall–Kier alpha value is -4.14. The third kappa shape index (κ3) is 4.49. The highest BCUT2D eigenvalue weighted by atomic mass is 19.1. The predicted molar refractivity (Wildman–Crippen MR) is 135 cm³/mol. The molecule has 0 aliphatic heterocycles. The van der Waals surface area contributed by atoms with Crippen LogP contribution in [-0.2, 0) is 7.05 Å². The van der Waals surface area contributed by atoms with Crippen LogP contribution in [0.15, 0.2) is 47.3 Å². The smallest absolute Gasteiger partial charge is 0.329 e. The van der Waals surface area contributed by atoms with Crippen molar-refractivity contribution in [1.29, 1.82) is 0 Å². The molecule has 3 aromatic rings. The highest BCUT2D eigenvalue weighted by Crippen LogP contribution is 2.37. The highest BCUT2D eigenvalue weighted by molar-refractivity contribution is 6.06. The average molecular weight is 478 g/mol. The molecule has 0 spiro atoms. The lowest BCUT2D eigenvalue weighted by molar-refractivity contribution is 0.112. The summed E-state index contributed by atoms with van der Waals surface area (Å²) in [6.45, 7) is 3.32. The third-order valence-corrected chi connectivity index (χ3v) is 6.26. The second-order valence-electron chi connectivity index (χ2n) is 8.88. The number of nitrogens with one attached hydrogen (secondary N) is 1. The number of nitrogen functional groups attached to an aromatic ring is 1. The number of anilines is 5. The molecule has 1 saturated carbocycles. The number of aromatic nitrogens is 1. The number of carbonyl (C=O) groups excluding carboxylic acids is 2. The van der Waals surface area contributed by atoms with Crippen LogP contribution in [0.1, 0.15) is 34.3 Å². The van der Waals surface area contributed by atoms with Gasteiger partial charge in [-0.15, -0.1) is 0 Å². The van der Waals surface area contributed by atoms with Crippen LogP contribution in [0, 0.1) is 19.7 Å².